The van der Waals surface area contributed by atoms with Gasteiger partial charge in [0.05, 0.1) is 12.6 Å². The third kappa shape index (κ3) is 6.98. The minimum atomic E-state index is -0.165. The lowest BCUT2D eigenvalue weighted by atomic mass is 9.77. The van der Waals surface area contributed by atoms with Crippen LogP contribution < -0.4 is 10.6 Å². The number of amides is 3. The first-order valence-electron chi connectivity index (χ1n) is 11.2. The molecule has 3 fully saturated rings. The maximum atomic E-state index is 12.6. The van der Waals surface area contributed by atoms with Gasteiger partial charge in [0, 0.05) is 39.1 Å². The van der Waals surface area contributed by atoms with Crippen LogP contribution in [0.1, 0.15) is 60.3 Å². The standard InChI is InChI=1S/C18H30N4O3.C4H10/c1-13(2)9-14-17(25)22(8-5-19-14)11-16(24)21-6-3-18(4-7-21)10-15(23)20-12-18;1-4(2)3/h13-14,19H,3-12H2,1-2H3,(H,20,23);4H,1-3H3. The van der Waals surface area contributed by atoms with E-state index in [2.05, 4.69) is 45.3 Å². The van der Waals surface area contributed by atoms with Crippen molar-refractivity contribution in [1.82, 2.24) is 20.4 Å². The van der Waals surface area contributed by atoms with Gasteiger partial charge in [0.15, 0.2) is 0 Å². The van der Waals surface area contributed by atoms with Crippen molar-refractivity contribution in [2.24, 2.45) is 17.3 Å². The molecule has 3 aliphatic rings. The number of rotatable bonds is 4. The number of carbonyl (C=O) groups excluding carboxylic acids is 3. The molecule has 0 bridgehead atoms. The second kappa shape index (κ2) is 10.4. The van der Waals surface area contributed by atoms with Gasteiger partial charge in [-0.1, -0.05) is 34.6 Å². The fourth-order valence-corrected chi connectivity index (χ4v) is 4.20. The Morgan fingerprint density at radius 3 is 2.24 bits per heavy atom. The Balaban J connectivity index is 0.000000687. The molecule has 0 aromatic rings. The van der Waals surface area contributed by atoms with Gasteiger partial charge in [0.2, 0.25) is 17.7 Å². The van der Waals surface area contributed by atoms with E-state index in [0.717, 1.165) is 38.3 Å². The molecule has 3 amide bonds. The topological polar surface area (TPSA) is 81.8 Å². The lowest BCUT2D eigenvalue weighted by Gasteiger charge is -2.40. The quantitative estimate of drug-likeness (QED) is 0.741. The molecular formula is C22H40N4O3. The van der Waals surface area contributed by atoms with Gasteiger partial charge in [-0.05, 0) is 36.5 Å². The summed E-state index contributed by atoms with van der Waals surface area (Å²) >= 11 is 0. The third-order valence-electron chi connectivity index (χ3n) is 5.79. The second-order valence-electron chi connectivity index (χ2n) is 9.96. The van der Waals surface area contributed by atoms with E-state index in [1.165, 1.54) is 0 Å². The van der Waals surface area contributed by atoms with Crippen LogP contribution in [0.3, 0.4) is 0 Å². The summed E-state index contributed by atoms with van der Waals surface area (Å²) in [7, 11) is 0. The molecule has 3 rings (SSSR count). The lowest BCUT2D eigenvalue weighted by molar-refractivity contribution is -0.144. The van der Waals surface area contributed by atoms with Crippen molar-refractivity contribution >= 4 is 17.7 Å². The highest BCUT2D eigenvalue weighted by Crippen LogP contribution is 2.37. The number of piperazine rings is 1. The highest BCUT2D eigenvalue weighted by molar-refractivity contribution is 5.88. The van der Waals surface area contributed by atoms with Gasteiger partial charge in [-0.15, -0.1) is 0 Å². The minimum absolute atomic E-state index is 0.0330. The zero-order valence-electron chi connectivity index (χ0n) is 18.9. The van der Waals surface area contributed by atoms with Gasteiger partial charge in [-0.3, -0.25) is 14.4 Å². The predicted molar refractivity (Wildman–Crippen MR) is 114 cm³/mol. The Morgan fingerprint density at radius 1 is 1.10 bits per heavy atom. The van der Waals surface area contributed by atoms with Gasteiger partial charge in [-0.2, -0.15) is 0 Å². The van der Waals surface area contributed by atoms with Crippen molar-refractivity contribution < 1.29 is 14.4 Å². The summed E-state index contributed by atoms with van der Waals surface area (Å²) in [4.78, 5) is 40.3. The summed E-state index contributed by atoms with van der Waals surface area (Å²) in [6, 6.07) is -0.165. The molecule has 3 heterocycles. The molecule has 0 aromatic carbocycles. The summed E-state index contributed by atoms with van der Waals surface area (Å²) in [5.41, 5.74) is 0.0427. The summed E-state index contributed by atoms with van der Waals surface area (Å²) in [6.07, 6.45) is 3.12. The molecule has 3 aliphatic heterocycles. The van der Waals surface area contributed by atoms with Gasteiger partial charge >= 0.3 is 0 Å². The summed E-state index contributed by atoms with van der Waals surface area (Å²) in [5, 5.41) is 6.18. The molecule has 0 saturated carbocycles. The predicted octanol–water partition coefficient (Wildman–Crippen LogP) is 1.62. The number of likely N-dealkylation sites (tertiary alicyclic amines) is 1. The van der Waals surface area contributed by atoms with Crippen LogP contribution in [-0.2, 0) is 14.4 Å². The molecule has 2 N–H and O–H groups in total. The first-order chi connectivity index (χ1) is 13.6. The van der Waals surface area contributed by atoms with Crippen molar-refractivity contribution in [3.63, 3.8) is 0 Å². The van der Waals surface area contributed by atoms with E-state index in [4.69, 9.17) is 0 Å². The van der Waals surface area contributed by atoms with E-state index in [1.54, 1.807) is 4.90 Å². The number of nitrogens with one attached hydrogen (secondary N) is 2. The highest BCUT2D eigenvalue weighted by Gasteiger charge is 2.42. The Labute approximate surface area is 175 Å². The molecule has 29 heavy (non-hydrogen) atoms. The van der Waals surface area contributed by atoms with Crippen molar-refractivity contribution in [1.29, 1.82) is 0 Å². The number of carbonyl (C=O) groups is 3. The van der Waals surface area contributed by atoms with E-state index >= 15 is 0 Å². The van der Waals surface area contributed by atoms with Crippen LogP contribution >= 0.6 is 0 Å². The number of hydrogen-bond donors (Lipinski definition) is 2. The lowest BCUT2D eigenvalue weighted by Crippen LogP contribution is -2.58. The summed E-state index contributed by atoms with van der Waals surface area (Å²) in [5.74, 6) is 1.48. The minimum Gasteiger partial charge on any atom is -0.356 e. The third-order valence-corrected chi connectivity index (χ3v) is 5.79. The monoisotopic (exact) mass is 408 g/mol. The molecule has 0 radical (unpaired) electrons. The van der Waals surface area contributed by atoms with Gasteiger partial charge < -0.3 is 20.4 Å². The smallest absolute Gasteiger partial charge is 0.242 e. The zero-order chi connectivity index (χ0) is 21.6. The highest BCUT2D eigenvalue weighted by atomic mass is 16.2. The van der Waals surface area contributed by atoms with Gasteiger partial charge in [0.1, 0.15) is 0 Å². The Hall–Kier alpha value is -1.63. The molecule has 0 aliphatic carbocycles. The maximum Gasteiger partial charge on any atom is 0.242 e. The first-order valence-corrected chi connectivity index (χ1v) is 11.2. The summed E-state index contributed by atoms with van der Waals surface area (Å²) in [6.45, 7) is 14.3. The maximum absolute atomic E-state index is 12.6. The molecule has 0 aromatic heterocycles. The first kappa shape index (κ1) is 23.6. The van der Waals surface area contributed by atoms with Crippen LogP contribution in [0.2, 0.25) is 0 Å². The molecule has 166 valence electrons. The zero-order valence-corrected chi connectivity index (χ0v) is 18.9. The molecule has 1 spiro atoms. The van der Waals surface area contributed by atoms with Crippen molar-refractivity contribution in [2.45, 2.75) is 66.3 Å². The Morgan fingerprint density at radius 2 is 1.72 bits per heavy atom. The normalized spacial score (nSPS) is 24.0. The van der Waals surface area contributed by atoms with Gasteiger partial charge in [0.25, 0.3) is 0 Å². The van der Waals surface area contributed by atoms with Crippen LogP contribution in [0, 0.1) is 17.3 Å². The fraction of sp³-hybridized carbons (Fsp3) is 0.864. The van der Waals surface area contributed by atoms with E-state index in [0.29, 0.717) is 32.0 Å². The van der Waals surface area contributed by atoms with Gasteiger partial charge in [-0.25, -0.2) is 0 Å². The SMILES string of the molecule is CC(C)C.CC(C)CC1NCCN(CC(=O)N2CCC3(CC2)CNC(=O)C3)C1=O. The Kier molecular flexibility index (Phi) is 8.49. The average molecular weight is 409 g/mol. The molecule has 1 unspecified atom stereocenters. The largest absolute Gasteiger partial charge is 0.356 e. The van der Waals surface area contributed by atoms with Crippen molar-refractivity contribution in [3.05, 3.63) is 0 Å². The van der Waals surface area contributed by atoms with Crippen LogP contribution in [0.4, 0.5) is 0 Å². The molecular weight excluding hydrogens is 368 g/mol. The number of hydrogen-bond acceptors (Lipinski definition) is 4. The summed E-state index contributed by atoms with van der Waals surface area (Å²) < 4.78 is 0. The van der Waals surface area contributed by atoms with Crippen LogP contribution in [0.25, 0.3) is 0 Å². The van der Waals surface area contributed by atoms with Crippen LogP contribution in [-0.4, -0.2) is 72.8 Å². The van der Waals surface area contributed by atoms with Crippen LogP contribution in [0.5, 0.6) is 0 Å². The van der Waals surface area contributed by atoms with E-state index in [1.807, 2.05) is 4.90 Å². The molecule has 3 saturated heterocycles. The van der Waals surface area contributed by atoms with E-state index < -0.39 is 0 Å². The van der Waals surface area contributed by atoms with Crippen molar-refractivity contribution in [3.8, 4) is 0 Å². The Bertz CT molecular complexity index is 580. The van der Waals surface area contributed by atoms with E-state index in [-0.39, 0.29) is 35.7 Å². The second-order valence-corrected chi connectivity index (χ2v) is 9.96. The molecule has 7 heteroatoms. The van der Waals surface area contributed by atoms with E-state index in [9.17, 15) is 14.4 Å². The average Bonchev–Trinajstić information content (AvgIpc) is 2.98. The number of nitrogens with zero attached hydrogens (tertiary/aromatic N) is 2. The number of piperidine rings is 1. The molecule has 1 atom stereocenters. The molecule has 7 nitrogen and oxygen atoms in total. The van der Waals surface area contributed by atoms with Crippen molar-refractivity contribution in [2.75, 3.05) is 39.3 Å². The van der Waals surface area contributed by atoms with Crippen LogP contribution in [0.15, 0.2) is 0 Å². The fourth-order valence-electron chi connectivity index (χ4n) is 4.20.